The van der Waals surface area contributed by atoms with E-state index in [1.165, 1.54) is 23.1 Å². The van der Waals surface area contributed by atoms with E-state index in [0.29, 0.717) is 17.7 Å². The topological polar surface area (TPSA) is 68.0 Å². The number of nitrogens with one attached hydrogen (secondary N) is 1. The molecular weight excluding hydrogens is 282 g/mol. The van der Waals surface area contributed by atoms with E-state index in [2.05, 4.69) is 22.1 Å². The molecule has 2 aromatic rings. The lowest BCUT2D eigenvalue weighted by atomic mass is 10.4. The zero-order valence-corrected chi connectivity index (χ0v) is 12.0. The van der Waals surface area contributed by atoms with Gasteiger partial charge in [-0.3, -0.25) is 4.79 Å². The Bertz CT molecular complexity index is 551. The van der Waals surface area contributed by atoms with E-state index >= 15 is 0 Å². The maximum atomic E-state index is 11.7. The van der Waals surface area contributed by atoms with Crippen LogP contribution in [0.2, 0.25) is 0 Å². The van der Waals surface area contributed by atoms with Gasteiger partial charge in [0, 0.05) is 6.54 Å². The van der Waals surface area contributed by atoms with Crippen molar-refractivity contribution in [2.24, 2.45) is 0 Å². The number of carbonyl (C=O) groups excluding carboxylic acids is 1. The average molecular weight is 295 g/mol. The molecule has 0 unspecified atom stereocenters. The van der Waals surface area contributed by atoms with Crippen LogP contribution in [-0.4, -0.2) is 27.9 Å². The predicted molar refractivity (Wildman–Crippen MR) is 76.1 cm³/mol. The third kappa shape index (κ3) is 3.68. The summed E-state index contributed by atoms with van der Waals surface area (Å²) in [5.74, 6) is 0.400. The van der Waals surface area contributed by atoms with Crippen LogP contribution in [0.4, 0.5) is 0 Å². The number of aromatic nitrogens is 2. The average Bonchev–Trinajstić information content (AvgIpc) is 3.05. The van der Waals surface area contributed by atoms with Crippen LogP contribution < -0.4 is 5.32 Å². The normalized spacial score (nSPS) is 12.1. The Morgan fingerprint density at radius 2 is 2.53 bits per heavy atom. The second kappa shape index (κ2) is 6.53. The molecular formula is C12H13N3O2S2. The fourth-order valence-corrected chi connectivity index (χ4v) is 2.63. The van der Waals surface area contributed by atoms with E-state index in [-0.39, 0.29) is 11.2 Å². The van der Waals surface area contributed by atoms with Crippen molar-refractivity contribution in [1.29, 1.82) is 0 Å². The number of hydrogen-bond acceptors (Lipinski definition) is 6. The Kier molecular flexibility index (Phi) is 4.75. The Morgan fingerprint density at radius 3 is 3.21 bits per heavy atom. The van der Waals surface area contributed by atoms with Crippen LogP contribution in [0.5, 0.6) is 0 Å². The molecule has 1 atom stereocenters. The van der Waals surface area contributed by atoms with E-state index in [1.807, 2.05) is 17.5 Å². The molecule has 1 amide bonds. The lowest BCUT2D eigenvalue weighted by Gasteiger charge is -2.07. The van der Waals surface area contributed by atoms with Gasteiger partial charge in [0.25, 0.3) is 11.1 Å². The third-order valence-corrected chi connectivity index (χ3v) is 4.00. The van der Waals surface area contributed by atoms with Gasteiger partial charge < -0.3 is 9.73 Å². The summed E-state index contributed by atoms with van der Waals surface area (Å²) in [5.41, 5.74) is 0. The number of thiophene rings is 1. The van der Waals surface area contributed by atoms with Crippen LogP contribution in [0.25, 0.3) is 10.8 Å². The fraction of sp³-hybridized carbons (Fsp3) is 0.250. The molecule has 0 saturated carbocycles. The van der Waals surface area contributed by atoms with E-state index in [0.717, 1.165) is 4.88 Å². The summed E-state index contributed by atoms with van der Waals surface area (Å²) in [6.07, 6.45) is 1.64. The summed E-state index contributed by atoms with van der Waals surface area (Å²) in [6.45, 7) is 5.79. The SMILES string of the molecule is C=CCNC(=O)[C@@H](C)Sc1nnc(-c2cccs2)o1. The van der Waals surface area contributed by atoms with Crippen LogP contribution in [0.15, 0.2) is 39.8 Å². The van der Waals surface area contributed by atoms with Crippen LogP contribution in [0.3, 0.4) is 0 Å². The van der Waals surface area contributed by atoms with Crippen LogP contribution in [-0.2, 0) is 4.79 Å². The summed E-state index contributed by atoms with van der Waals surface area (Å²) >= 11 is 2.77. The molecule has 0 saturated heterocycles. The zero-order chi connectivity index (χ0) is 13.7. The van der Waals surface area contributed by atoms with Gasteiger partial charge in [-0.1, -0.05) is 23.9 Å². The first kappa shape index (κ1) is 13.8. The minimum Gasteiger partial charge on any atom is -0.410 e. The second-order valence-corrected chi connectivity index (χ2v) is 5.88. The van der Waals surface area contributed by atoms with E-state index in [1.54, 1.807) is 13.0 Å². The highest BCUT2D eigenvalue weighted by atomic mass is 32.2. The van der Waals surface area contributed by atoms with Gasteiger partial charge in [-0.25, -0.2) is 0 Å². The highest BCUT2D eigenvalue weighted by Crippen LogP contribution is 2.28. The molecule has 0 bridgehead atoms. The molecule has 0 fully saturated rings. The molecule has 2 rings (SSSR count). The van der Waals surface area contributed by atoms with Crippen LogP contribution in [0.1, 0.15) is 6.92 Å². The monoisotopic (exact) mass is 295 g/mol. The number of rotatable bonds is 6. The molecule has 0 aliphatic heterocycles. The van der Waals surface area contributed by atoms with Crippen molar-refractivity contribution < 1.29 is 9.21 Å². The highest BCUT2D eigenvalue weighted by molar-refractivity contribution is 8.00. The van der Waals surface area contributed by atoms with Crippen molar-refractivity contribution in [3.05, 3.63) is 30.2 Å². The highest BCUT2D eigenvalue weighted by Gasteiger charge is 2.18. The van der Waals surface area contributed by atoms with Crippen molar-refractivity contribution in [3.63, 3.8) is 0 Å². The summed E-state index contributed by atoms with van der Waals surface area (Å²) < 4.78 is 5.50. The molecule has 5 nitrogen and oxygen atoms in total. The van der Waals surface area contributed by atoms with Crippen molar-refractivity contribution in [2.45, 2.75) is 17.4 Å². The van der Waals surface area contributed by atoms with Gasteiger partial charge in [-0.2, -0.15) is 0 Å². The van der Waals surface area contributed by atoms with Gasteiger partial charge in [0.05, 0.1) is 10.1 Å². The summed E-state index contributed by atoms with van der Waals surface area (Å²) in [6, 6.07) is 3.83. The Labute approximate surface area is 119 Å². The first-order chi connectivity index (χ1) is 9.20. The summed E-state index contributed by atoms with van der Waals surface area (Å²) in [7, 11) is 0. The molecule has 100 valence electrons. The minimum atomic E-state index is -0.295. The van der Waals surface area contributed by atoms with Gasteiger partial charge in [0.2, 0.25) is 5.91 Å². The smallest absolute Gasteiger partial charge is 0.277 e. The van der Waals surface area contributed by atoms with E-state index in [4.69, 9.17) is 4.42 Å². The van der Waals surface area contributed by atoms with Crippen LogP contribution >= 0.6 is 23.1 Å². The van der Waals surface area contributed by atoms with Gasteiger partial charge in [0.1, 0.15) is 0 Å². The van der Waals surface area contributed by atoms with E-state index < -0.39 is 0 Å². The number of carbonyl (C=O) groups is 1. The Morgan fingerprint density at radius 1 is 1.68 bits per heavy atom. The maximum absolute atomic E-state index is 11.7. The molecule has 0 aliphatic rings. The second-order valence-electron chi connectivity index (χ2n) is 3.64. The van der Waals surface area contributed by atoms with Gasteiger partial charge in [0.15, 0.2) is 0 Å². The lowest BCUT2D eigenvalue weighted by Crippen LogP contribution is -2.30. The molecule has 0 spiro atoms. The first-order valence-corrected chi connectivity index (χ1v) is 7.39. The molecule has 0 aliphatic carbocycles. The molecule has 2 aromatic heterocycles. The molecule has 7 heteroatoms. The summed E-state index contributed by atoms with van der Waals surface area (Å²) in [4.78, 5) is 12.6. The quantitative estimate of drug-likeness (QED) is 0.655. The number of hydrogen-bond donors (Lipinski definition) is 1. The molecule has 0 radical (unpaired) electrons. The van der Waals surface area contributed by atoms with Gasteiger partial charge >= 0.3 is 0 Å². The van der Waals surface area contributed by atoms with Crippen molar-refractivity contribution in [2.75, 3.05) is 6.54 Å². The largest absolute Gasteiger partial charge is 0.410 e. The first-order valence-electron chi connectivity index (χ1n) is 5.63. The predicted octanol–water partition coefficient (Wildman–Crippen LogP) is 2.58. The van der Waals surface area contributed by atoms with Crippen LogP contribution in [0, 0.1) is 0 Å². The van der Waals surface area contributed by atoms with Crippen molar-refractivity contribution in [3.8, 4) is 10.8 Å². The van der Waals surface area contributed by atoms with Gasteiger partial charge in [-0.15, -0.1) is 28.1 Å². The van der Waals surface area contributed by atoms with Crippen molar-refractivity contribution >= 4 is 29.0 Å². The summed E-state index contributed by atoms with van der Waals surface area (Å²) in [5, 5.41) is 12.6. The fourth-order valence-electron chi connectivity index (χ4n) is 1.28. The third-order valence-electron chi connectivity index (χ3n) is 2.21. The van der Waals surface area contributed by atoms with Gasteiger partial charge in [-0.05, 0) is 18.4 Å². The number of thioether (sulfide) groups is 1. The Hall–Kier alpha value is -1.60. The molecule has 2 heterocycles. The zero-order valence-electron chi connectivity index (χ0n) is 10.3. The minimum absolute atomic E-state index is 0.0826. The molecule has 19 heavy (non-hydrogen) atoms. The molecule has 1 N–H and O–H groups in total. The molecule has 0 aromatic carbocycles. The maximum Gasteiger partial charge on any atom is 0.277 e. The standard InChI is InChI=1S/C12H13N3O2S2/c1-3-6-13-10(16)8(2)19-12-15-14-11(17-12)9-5-4-7-18-9/h3-5,7-8H,1,6H2,2H3,(H,13,16)/t8-/m1/s1. The number of amides is 1. The van der Waals surface area contributed by atoms with E-state index in [9.17, 15) is 4.79 Å². The lowest BCUT2D eigenvalue weighted by molar-refractivity contribution is -0.120. The number of nitrogens with zero attached hydrogens (tertiary/aromatic N) is 2. The Balaban J connectivity index is 1.96. The van der Waals surface area contributed by atoms with Crippen molar-refractivity contribution in [1.82, 2.24) is 15.5 Å².